The number of hydrogen-bond donors (Lipinski definition) is 0. The van der Waals surface area contributed by atoms with Crippen LogP contribution in [0.5, 0.6) is 0 Å². The molecule has 1 aromatic carbocycles. The van der Waals surface area contributed by atoms with Gasteiger partial charge in [-0.1, -0.05) is 0 Å². The average Bonchev–Trinajstić information content (AvgIpc) is 3.13. The van der Waals surface area contributed by atoms with Gasteiger partial charge in [0.1, 0.15) is 0 Å². The lowest BCUT2D eigenvalue weighted by Crippen LogP contribution is -2.35. The van der Waals surface area contributed by atoms with Gasteiger partial charge in [0.25, 0.3) is 5.24 Å². The summed E-state index contributed by atoms with van der Waals surface area (Å²) in [5.74, 6) is -0.566. The quantitative estimate of drug-likeness (QED) is 0.742. The predicted octanol–water partition coefficient (Wildman–Crippen LogP) is 4.35. The van der Waals surface area contributed by atoms with Crippen molar-refractivity contribution in [2.45, 2.75) is 25.7 Å². The van der Waals surface area contributed by atoms with Crippen LogP contribution >= 0.6 is 27.5 Å². The molecule has 0 atom stereocenters. The Kier molecular flexibility index (Phi) is 3.34. The molecule has 1 spiro atoms. The van der Waals surface area contributed by atoms with Crippen molar-refractivity contribution in [1.29, 1.82) is 0 Å². The molecule has 1 saturated heterocycles. The summed E-state index contributed by atoms with van der Waals surface area (Å²) in [6.07, 6.45) is 4.88. The van der Waals surface area contributed by atoms with Gasteiger partial charge in [0, 0.05) is 13.1 Å². The molecule has 0 radical (unpaired) electrons. The molecule has 0 aromatic heterocycles. The van der Waals surface area contributed by atoms with Gasteiger partial charge in [-0.15, -0.1) is 0 Å². The van der Waals surface area contributed by atoms with Crippen molar-refractivity contribution in [2.75, 3.05) is 18.0 Å². The number of piperidine rings is 1. The van der Waals surface area contributed by atoms with Crippen molar-refractivity contribution in [3.63, 3.8) is 0 Å². The Morgan fingerprint density at radius 2 is 1.89 bits per heavy atom. The zero-order valence-corrected chi connectivity index (χ0v) is 12.7. The number of anilines is 1. The van der Waals surface area contributed by atoms with Crippen molar-refractivity contribution in [2.24, 2.45) is 5.41 Å². The first-order valence-corrected chi connectivity index (χ1v) is 7.62. The van der Waals surface area contributed by atoms with Gasteiger partial charge < -0.3 is 4.90 Å². The SMILES string of the molecule is O=C(Cl)c1c(N2CCC3(CC2)CC3)ccc(Br)c1F. The maximum atomic E-state index is 14.1. The number of carbonyl (C=O) groups excluding carboxylic acids is 1. The first-order chi connectivity index (χ1) is 9.02. The van der Waals surface area contributed by atoms with Gasteiger partial charge in [0.05, 0.1) is 15.7 Å². The highest BCUT2D eigenvalue weighted by Gasteiger charge is 2.44. The second kappa shape index (κ2) is 4.74. The van der Waals surface area contributed by atoms with Crippen molar-refractivity contribution < 1.29 is 9.18 Å². The van der Waals surface area contributed by atoms with Gasteiger partial charge in [-0.3, -0.25) is 4.79 Å². The Morgan fingerprint density at radius 3 is 2.42 bits per heavy atom. The molecular formula is C14H14BrClFNO. The summed E-state index contributed by atoms with van der Waals surface area (Å²) < 4.78 is 14.3. The normalized spacial score (nSPS) is 20.7. The Hall–Kier alpha value is -0.610. The summed E-state index contributed by atoms with van der Waals surface area (Å²) in [5.41, 5.74) is 1.16. The molecule has 1 saturated carbocycles. The van der Waals surface area contributed by atoms with Gasteiger partial charge in [-0.05, 0) is 70.8 Å². The fourth-order valence-corrected chi connectivity index (χ4v) is 3.40. The molecule has 1 heterocycles. The van der Waals surface area contributed by atoms with Crippen LogP contribution in [0.4, 0.5) is 10.1 Å². The smallest absolute Gasteiger partial charge is 0.257 e. The average molecular weight is 347 g/mol. The lowest BCUT2D eigenvalue weighted by Gasteiger charge is -2.34. The van der Waals surface area contributed by atoms with E-state index in [1.165, 1.54) is 12.8 Å². The minimum Gasteiger partial charge on any atom is -0.371 e. The molecule has 0 unspecified atom stereocenters. The van der Waals surface area contributed by atoms with Gasteiger partial charge in [-0.25, -0.2) is 4.39 Å². The summed E-state index contributed by atoms with van der Waals surface area (Å²) in [4.78, 5) is 13.6. The molecule has 2 aliphatic rings. The van der Waals surface area contributed by atoms with Crippen LogP contribution < -0.4 is 4.90 Å². The van der Waals surface area contributed by atoms with E-state index in [1.54, 1.807) is 12.1 Å². The fraction of sp³-hybridized carbons (Fsp3) is 0.500. The molecule has 1 aliphatic carbocycles. The number of rotatable bonds is 2. The highest BCUT2D eigenvalue weighted by atomic mass is 79.9. The van der Waals surface area contributed by atoms with Crippen molar-refractivity contribution in [3.8, 4) is 0 Å². The Labute approximate surface area is 125 Å². The van der Waals surface area contributed by atoms with Crippen LogP contribution in [0.25, 0.3) is 0 Å². The van der Waals surface area contributed by atoms with Crippen LogP contribution in [0.15, 0.2) is 16.6 Å². The highest BCUT2D eigenvalue weighted by molar-refractivity contribution is 9.10. The minimum atomic E-state index is -0.736. The van der Waals surface area contributed by atoms with Crippen LogP contribution in [-0.2, 0) is 0 Å². The van der Waals surface area contributed by atoms with Gasteiger partial charge >= 0.3 is 0 Å². The third-order valence-electron chi connectivity index (χ3n) is 4.39. The molecule has 19 heavy (non-hydrogen) atoms. The zero-order chi connectivity index (χ0) is 13.6. The van der Waals surface area contributed by atoms with Gasteiger partial charge in [0.2, 0.25) is 0 Å². The molecule has 0 N–H and O–H groups in total. The van der Waals surface area contributed by atoms with Gasteiger partial charge in [0.15, 0.2) is 5.82 Å². The fourth-order valence-electron chi connectivity index (χ4n) is 2.89. The van der Waals surface area contributed by atoms with E-state index >= 15 is 0 Å². The number of carbonyl (C=O) groups is 1. The monoisotopic (exact) mass is 345 g/mol. The third kappa shape index (κ3) is 2.40. The molecule has 1 aliphatic heterocycles. The number of nitrogens with zero attached hydrogens (tertiary/aromatic N) is 1. The van der Waals surface area contributed by atoms with Crippen LogP contribution in [0.1, 0.15) is 36.0 Å². The Bertz CT molecular complexity index is 534. The molecular weight excluding hydrogens is 333 g/mol. The summed E-state index contributed by atoms with van der Waals surface area (Å²) in [6, 6.07) is 3.41. The summed E-state index contributed by atoms with van der Waals surface area (Å²) in [6.45, 7) is 1.75. The van der Waals surface area contributed by atoms with E-state index in [0.29, 0.717) is 11.1 Å². The summed E-state index contributed by atoms with van der Waals surface area (Å²) in [7, 11) is 0. The number of benzene rings is 1. The Balaban J connectivity index is 1.92. The lowest BCUT2D eigenvalue weighted by molar-refractivity contribution is 0.107. The van der Waals surface area contributed by atoms with E-state index in [2.05, 4.69) is 20.8 Å². The molecule has 0 bridgehead atoms. The van der Waals surface area contributed by atoms with E-state index in [-0.39, 0.29) is 10.0 Å². The van der Waals surface area contributed by atoms with Crippen molar-refractivity contribution in [3.05, 3.63) is 28.0 Å². The molecule has 3 rings (SSSR count). The maximum absolute atomic E-state index is 14.1. The first kappa shape index (κ1) is 13.4. The summed E-state index contributed by atoms with van der Waals surface area (Å²) >= 11 is 8.64. The van der Waals surface area contributed by atoms with Crippen LogP contribution in [0.3, 0.4) is 0 Å². The maximum Gasteiger partial charge on any atom is 0.257 e. The van der Waals surface area contributed by atoms with E-state index in [4.69, 9.17) is 11.6 Å². The van der Waals surface area contributed by atoms with Crippen molar-refractivity contribution in [1.82, 2.24) is 0 Å². The number of halogens is 3. The van der Waals surface area contributed by atoms with E-state index in [1.807, 2.05) is 0 Å². The topological polar surface area (TPSA) is 20.3 Å². The molecule has 5 heteroatoms. The first-order valence-electron chi connectivity index (χ1n) is 6.45. The van der Waals surface area contributed by atoms with Crippen LogP contribution in [0, 0.1) is 11.2 Å². The largest absolute Gasteiger partial charge is 0.371 e. The standard InChI is InChI=1S/C14H14BrClFNO/c15-9-1-2-10(11(12(9)17)13(16)19)18-7-5-14(3-4-14)6-8-18/h1-2H,3-8H2. The van der Waals surface area contributed by atoms with E-state index < -0.39 is 11.1 Å². The van der Waals surface area contributed by atoms with Crippen LogP contribution in [-0.4, -0.2) is 18.3 Å². The second-order valence-corrected chi connectivity index (χ2v) is 6.71. The summed E-state index contributed by atoms with van der Waals surface area (Å²) in [5, 5.41) is -0.736. The molecule has 1 aromatic rings. The van der Waals surface area contributed by atoms with Crippen molar-refractivity contribution >= 4 is 38.5 Å². The second-order valence-electron chi connectivity index (χ2n) is 5.52. The Morgan fingerprint density at radius 1 is 1.26 bits per heavy atom. The number of hydrogen-bond acceptors (Lipinski definition) is 2. The molecule has 102 valence electrons. The third-order valence-corrected chi connectivity index (χ3v) is 5.19. The zero-order valence-electron chi connectivity index (χ0n) is 10.4. The minimum absolute atomic E-state index is 0.0113. The molecule has 2 nitrogen and oxygen atoms in total. The predicted molar refractivity (Wildman–Crippen MR) is 77.4 cm³/mol. The van der Waals surface area contributed by atoms with E-state index in [9.17, 15) is 9.18 Å². The molecule has 0 amide bonds. The van der Waals surface area contributed by atoms with Gasteiger partial charge in [-0.2, -0.15) is 0 Å². The van der Waals surface area contributed by atoms with Crippen LogP contribution in [0.2, 0.25) is 0 Å². The lowest BCUT2D eigenvalue weighted by atomic mass is 9.93. The molecule has 2 fully saturated rings. The highest BCUT2D eigenvalue weighted by Crippen LogP contribution is 2.54. The van der Waals surface area contributed by atoms with E-state index in [0.717, 1.165) is 25.9 Å².